The van der Waals surface area contributed by atoms with Gasteiger partial charge in [0.25, 0.3) is 5.91 Å². The molecule has 6 nitrogen and oxygen atoms in total. The second-order valence-electron chi connectivity index (χ2n) is 4.48. The van der Waals surface area contributed by atoms with Crippen molar-refractivity contribution in [1.82, 2.24) is 21.2 Å². The van der Waals surface area contributed by atoms with Gasteiger partial charge in [0, 0.05) is 24.5 Å². The normalized spacial score (nSPS) is 9.76. The van der Waals surface area contributed by atoms with Crippen molar-refractivity contribution in [2.24, 2.45) is 0 Å². The van der Waals surface area contributed by atoms with Crippen LogP contribution < -0.4 is 16.2 Å². The number of aryl methyl sites for hydroxylation is 1. The van der Waals surface area contributed by atoms with Gasteiger partial charge in [-0.2, -0.15) is 0 Å². The Kier molecular flexibility index (Phi) is 4.87. The van der Waals surface area contributed by atoms with Crippen molar-refractivity contribution in [2.45, 2.75) is 13.5 Å². The molecule has 0 unspecified atom stereocenters. The van der Waals surface area contributed by atoms with Crippen LogP contribution in [0.1, 0.15) is 21.5 Å². The first kappa shape index (κ1) is 14.5. The van der Waals surface area contributed by atoms with Crippen molar-refractivity contribution in [3.8, 4) is 0 Å². The number of rotatable bonds is 3. The lowest BCUT2D eigenvalue weighted by Gasteiger charge is -2.09. The first-order valence-electron chi connectivity index (χ1n) is 6.45. The van der Waals surface area contributed by atoms with E-state index in [0.29, 0.717) is 12.1 Å². The number of pyridine rings is 1. The van der Waals surface area contributed by atoms with Crippen LogP contribution in [0, 0.1) is 6.92 Å². The third-order valence-corrected chi connectivity index (χ3v) is 2.81. The van der Waals surface area contributed by atoms with Gasteiger partial charge in [-0.1, -0.05) is 29.8 Å². The molecule has 0 radical (unpaired) electrons. The summed E-state index contributed by atoms with van der Waals surface area (Å²) in [5.74, 6) is -0.400. The number of hydrogen-bond acceptors (Lipinski definition) is 3. The summed E-state index contributed by atoms with van der Waals surface area (Å²) in [7, 11) is 0. The molecule has 0 saturated carbocycles. The lowest BCUT2D eigenvalue weighted by atomic mass is 10.1. The number of carbonyl (C=O) groups is 2. The summed E-state index contributed by atoms with van der Waals surface area (Å²) < 4.78 is 0. The van der Waals surface area contributed by atoms with Crippen molar-refractivity contribution in [1.29, 1.82) is 0 Å². The molecular weight excluding hydrogens is 268 g/mol. The Morgan fingerprint density at radius 1 is 1.00 bits per heavy atom. The van der Waals surface area contributed by atoms with Gasteiger partial charge in [-0.25, -0.2) is 10.2 Å². The number of hydrazine groups is 1. The number of amides is 3. The largest absolute Gasteiger partial charge is 0.333 e. The quantitative estimate of drug-likeness (QED) is 0.747. The maximum absolute atomic E-state index is 11.7. The summed E-state index contributed by atoms with van der Waals surface area (Å²) in [4.78, 5) is 27.1. The first-order chi connectivity index (χ1) is 10.1. The summed E-state index contributed by atoms with van der Waals surface area (Å²) in [6.45, 7) is 2.38. The maximum Gasteiger partial charge on any atom is 0.333 e. The van der Waals surface area contributed by atoms with Gasteiger partial charge in [-0.15, -0.1) is 0 Å². The molecule has 0 aliphatic rings. The average Bonchev–Trinajstić information content (AvgIpc) is 2.53. The highest BCUT2D eigenvalue weighted by Crippen LogP contribution is 2.02. The fourth-order valence-corrected chi connectivity index (χ4v) is 1.62. The van der Waals surface area contributed by atoms with E-state index in [-0.39, 0.29) is 0 Å². The molecule has 2 aromatic rings. The van der Waals surface area contributed by atoms with Gasteiger partial charge < -0.3 is 5.32 Å². The van der Waals surface area contributed by atoms with Crippen LogP contribution in [0.4, 0.5) is 4.79 Å². The minimum atomic E-state index is -0.474. The van der Waals surface area contributed by atoms with Gasteiger partial charge >= 0.3 is 6.03 Å². The van der Waals surface area contributed by atoms with Gasteiger partial charge in [0.05, 0.1) is 0 Å². The lowest BCUT2D eigenvalue weighted by Crippen LogP contribution is -2.46. The van der Waals surface area contributed by atoms with Crippen LogP contribution in [0.3, 0.4) is 0 Å². The van der Waals surface area contributed by atoms with Crippen molar-refractivity contribution >= 4 is 11.9 Å². The zero-order chi connectivity index (χ0) is 15.1. The Bertz CT molecular complexity index is 611. The molecule has 21 heavy (non-hydrogen) atoms. The van der Waals surface area contributed by atoms with Gasteiger partial charge in [0.1, 0.15) is 0 Å². The van der Waals surface area contributed by atoms with E-state index in [1.54, 1.807) is 12.1 Å². The van der Waals surface area contributed by atoms with Crippen LogP contribution in [0.2, 0.25) is 0 Å². The van der Waals surface area contributed by atoms with Crippen LogP contribution in [0.15, 0.2) is 48.8 Å². The molecule has 0 atom stereocenters. The number of carbonyl (C=O) groups excluding carboxylic acids is 2. The number of aromatic nitrogens is 1. The van der Waals surface area contributed by atoms with Crippen molar-refractivity contribution in [2.75, 3.05) is 0 Å². The summed E-state index contributed by atoms with van der Waals surface area (Å²) in [5, 5.41) is 2.65. The molecule has 1 aromatic heterocycles. The first-order valence-corrected chi connectivity index (χ1v) is 6.45. The van der Waals surface area contributed by atoms with E-state index < -0.39 is 11.9 Å². The molecule has 3 amide bonds. The summed E-state index contributed by atoms with van der Waals surface area (Å²) >= 11 is 0. The van der Waals surface area contributed by atoms with E-state index in [1.807, 2.05) is 31.2 Å². The molecule has 1 heterocycles. The van der Waals surface area contributed by atoms with Crippen LogP contribution >= 0.6 is 0 Å². The molecule has 1 aromatic carbocycles. The number of nitrogens with zero attached hydrogens (tertiary/aromatic N) is 1. The topological polar surface area (TPSA) is 83.1 Å². The molecule has 0 saturated heterocycles. The number of nitrogens with one attached hydrogen (secondary N) is 3. The lowest BCUT2D eigenvalue weighted by molar-refractivity contribution is 0.0936. The highest BCUT2D eigenvalue weighted by atomic mass is 16.2. The molecule has 0 aliphatic heterocycles. The Balaban J connectivity index is 1.75. The predicted octanol–water partition coefficient (Wildman–Crippen LogP) is 1.53. The van der Waals surface area contributed by atoms with Crippen molar-refractivity contribution in [3.05, 3.63) is 65.5 Å². The van der Waals surface area contributed by atoms with Gasteiger partial charge in [-0.05, 0) is 24.6 Å². The SMILES string of the molecule is Cc1ccc(CNC(=O)NNC(=O)c2ccncc2)cc1. The van der Waals surface area contributed by atoms with Gasteiger partial charge in [0.15, 0.2) is 0 Å². The standard InChI is InChI=1S/C15H16N4O2/c1-11-2-4-12(5-3-11)10-17-15(21)19-18-14(20)13-6-8-16-9-7-13/h2-9H,10H2,1H3,(H,18,20)(H2,17,19,21). The fraction of sp³-hybridized carbons (Fsp3) is 0.133. The van der Waals surface area contributed by atoms with Crippen molar-refractivity contribution in [3.63, 3.8) is 0 Å². The van der Waals surface area contributed by atoms with E-state index in [2.05, 4.69) is 21.2 Å². The number of hydrogen-bond donors (Lipinski definition) is 3. The Hall–Kier alpha value is -2.89. The average molecular weight is 284 g/mol. The van der Waals surface area contributed by atoms with E-state index in [4.69, 9.17) is 0 Å². The maximum atomic E-state index is 11.7. The minimum absolute atomic E-state index is 0.386. The van der Waals surface area contributed by atoms with Crippen molar-refractivity contribution < 1.29 is 9.59 Å². The fourth-order valence-electron chi connectivity index (χ4n) is 1.62. The number of benzene rings is 1. The van der Waals surface area contributed by atoms with E-state index >= 15 is 0 Å². The minimum Gasteiger partial charge on any atom is -0.333 e. The highest BCUT2D eigenvalue weighted by molar-refractivity contribution is 5.95. The number of urea groups is 1. The van der Waals surface area contributed by atoms with Crippen LogP contribution in [0.5, 0.6) is 0 Å². The second-order valence-corrected chi connectivity index (χ2v) is 4.48. The zero-order valence-corrected chi connectivity index (χ0v) is 11.6. The summed E-state index contributed by atoms with van der Waals surface area (Å²) in [6.07, 6.45) is 3.01. The zero-order valence-electron chi connectivity index (χ0n) is 11.6. The van der Waals surface area contributed by atoms with Crippen LogP contribution in [0.25, 0.3) is 0 Å². The molecule has 0 bridgehead atoms. The molecule has 2 rings (SSSR count). The predicted molar refractivity (Wildman–Crippen MR) is 78.3 cm³/mol. The Morgan fingerprint density at radius 2 is 1.67 bits per heavy atom. The third-order valence-electron chi connectivity index (χ3n) is 2.81. The molecule has 3 N–H and O–H groups in total. The Labute approximate surface area is 122 Å². The molecule has 6 heteroatoms. The second kappa shape index (κ2) is 7.04. The molecule has 0 aliphatic carbocycles. The van der Waals surface area contributed by atoms with Gasteiger partial charge in [0.2, 0.25) is 0 Å². The summed E-state index contributed by atoms with van der Waals surface area (Å²) in [5.41, 5.74) is 7.17. The highest BCUT2D eigenvalue weighted by Gasteiger charge is 2.06. The van der Waals surface area contributed by atoms with Crippen LogP contribution in [-0.2, 0) is 6.54 Å². The molecular formula is C15H16N4O2. The van der Waals surface area contributed by atoms with Gasteiger partial charge in [-0.3, -0.25) is 15.2 Å². The molecule has 0 spiro atoms. The third kappa shape index (κ3) is 4.61. The molecule has 0 fully saturated rings. The van der Waals surface area contributed by atoms with E-state index in [9.17, 15) is 9.59 Å². The van der Waals surface area contributed by atoms with E-state index in [1.165, 1.54) is 12.4 Å². The summed E-state index contributed by atoms with van der Waals surface area (Å²) in [6, 6.07) is 10.5. The Morgan fingerprint density at radius 3 is 2.33 bits per heavy atom. The molecule has 108 valence electrons. The monoisotopic (exact) mass is 284 g/mol. The van der Waals surface area contributed by atoms with Crippen LogP contribution in [-0.4, -0.2) is 16.9 Å². The van der Waals surface area contributed by atoms with E-state index in [0.717, 1.165) is 11.1 Å². The smallest absolute Gasteiger partial charge is 0.333 e.